The lowest BCUT2D eigenvalue weighted by Crippen LogP contribution is -2.14. The van der Waals surface area contributed by atoms with Gasteiger partial charge in [0.1, 0.15) is 0 Å². The van der Waals surface area contributed by atoms with Crippen molar-refractivity contribution < 1.29 is 4.65 Å². The number of allylic oxidation sites excluding steroid dienone is 2. The van der Waals surface area contributed by atoms with Crippen LogP contribution in [0.1, 0.15) is 34.1 Å². The van der Waals surface area contributed by atoms with Crippen LogP contribution in [0.25, 0.3) is 0 Å². The van der Waals surface area contributed by atoms with E-state index in [0.717, 1.165) is 24.8 Å². The highest BCUT2D eigenvalue weighted by molar-refractivity contribution is 6.51. The molecule has 0 aliphatic carbocycles. The molecule has 11 heavy (non-hydrogen) atoms. The molecule has 0 N–H and O–H groups in total. The smallest absolute Gasteiger partial charge is 0.356 e. The molecule has 0 saturated heterocycles. The van der Waals surface area contributed by atoms with Gasteiger partial charge in [0.05, 0.1) is 5.76 Å². The molecule has 0 aromatic heterocycles. The summed E-state index contributed by atoms with van der Waals surface area (Å²) < 4.78 is 5.71. The Morgan fingerprint density at radius 2 is 1.82 bits per heavy atom. The van der Waals surface area contributed by atoms with Crippen LogP contribution in [0.4, 0.5) is 0 Å². The normalized spacial score (nSPS) is 11.5. The van der Waals surface area contributed by atoms with E-state index in [1.54, 1.807) is 0 Å². The van der Waals surface area contributed by atoms with Crippen LogP contribution in [-0.4, -0.2) is 6.92 Å². The van der Waals surface area contributed by atoms with Crippen molar-refractivity contribution in [2.24, 2.45) is 0 Å². The average Bonchev–Trinajstić information content (AvgIpc) is 2.07. The Morgan fingerprint density at radius 3 is 2.09 bits per heavy atom. The Balaban J connectivity index is 3.78. The lowest BCUT2D eigenvalue weighted by molar-refractivity contribution is 0.413. The van der Waals surface area contributed by atoms with Gasteiger partial charge in [-0.3, -0.25) is 0 Å². The van der Waals surface area contributed by atoms with Crippen molar-refractivity contribution in [1.29, 1.82) is 0 Å². The first-order valence-electron chi connectivity index (χ1n) is 4.60. The quantitative estimate of drug-likeness (QED) is 0.435. The van der Waals surface area contributed by atoms with E-state index in [0.29, 0.717) is 6.92 Å². The van der Waals surface area contributed by atoms with Gasteiger partial charge in [0.2, 0.25) is 0 Å². The molecular formula is C9H19BO. The van der Waals surface area contributed by atoms with E-state index >= 15 is 0 Å². The highest BCUT2D eigenvalue weighted by Gasteiger charge is 2.11. The van der Waals surface area contributed by atoms with Crippen LogP contribution in [-0.2, 0) is 4.65 Å². The van der Waals surface area contributed by atoms with Gasteiger partial charge < -0.3 is 4.65 Å². The van der Waals surface area contributed by atoms with E-state index in [1.165, 1.54) is 0 Å². The van der Waals surface area contributed by atoms with Gasteiger partial charge in [-0.1, -0.05) is 26.8 Å². The van der Waals surface area contributed by atoms with E-state index in [1.807, 2.05) is 6.92 Å². The van der Waals surface area contributed by atoms with Gasteiger partial charge in [-0.25, -0.2) is 0 Å². The fourth-order valence-electron chi connectivity index (χ4n) is 1.02. The summed E-state index contributed by atoms with van der Waals surface area (Å²) in [6.45, 7) is 8.90. The molecule has 0 atom stereocenters. The minimum Gasteiger partial charge on any atom is -0.564 e. The molecule has 0 aliphatic rings. The SMILES string of the molecule is C/C=C(/CC)OB(CC)CC. The Kier molecular flexibility index (Phi) is 6.10. The summed E-state index contributed by atoms with van der Waals surface area (Å²) in [6.07, 6.45) is 5.27. The summed E-state index contributed by atoms with van der Waals surface area (Å²) in [4.78, 5) is 0. The fraction of sp³-hybridized carbons (Fsp3) is 0.778. The van der Waals surface area contributed by atoms with Crippen molar-refractivity contribution in [1.82, 2.24) is 0 Å². The zero-order valence-electron chi connectivity index (χ0n) is 8.18. The van der Waals surface area contributed by atoms with Gasteiger partial charge in [-0.15, -0.1) is 0 Å². The Labute approximate surface area is 70.9 Å². The molecule has 64 valence electrons. The van der Waals surface area contributed by atoms with Crippen molar-refractivity contribution in [3.8, 4) is 0 Å². The van der Waals surface area contributed by atoms with Crippen molar-refractivity contribution in [2.45, 2.75) is 46.8 Å². The molecule has 0 rings (SSSR count). The molecule has 0 saturated carbocycles. The molecule has 1 nitrogen and oxygen atoms in total. The van der Waals surface area contributed by atoms with Crippen molar-refractivity contribution in [3.05, 3.63) is 11.8 Å². The minimum atomic E-state index is 0.418. The van der Waals surface area contributed by atoms with Gasteiger partial charge in [-0.2, -0.15) is 0 Å². The van der Waals surface area contributed by atoms with Crippen LogP contribution in [0.15, 0.2) is 11.8 Å². The molecule has 0 unspecified atom stereocenters. The first kappa shape index (κ1) is 10.6. The molecular weight excluding hydrogens is 135 g/mol. The standard InChI is InChI=1S/C9H19BO/c1-5-9(6-2)11-10(7-3)8-4/h5H,6-8H2,1-4H3/b9-5-. The van der Waals surface area contributed by atoms with Crippen LogP contribution < -0.4 is 0 Å². The molecule has 0 bridgehead atoms. The van der Waals surface area contributed by atoms with E-state index in [4.69, 9.17) is 4.65 Å². The average molecular weight is 154 g/mol. The summed E-state index contributed by atoms with van der Waals surface area (Å²) in [5.74, 6) is 1.12. The number of rotatable bonds is 5. The van der Waals surface area contributed by atoms with Gasteiger partial charge in [0, 0.05) is 0 Å². The predicted molar refractivity (Wildman–Crippen MR) is 51.8 cm³/mol. The molecule has 0 aliphatic heterocycles. The highest BCUT2D eigenvalue weighted by Crippen LogP contribution is 2.09. The van der Waals surface area contributed by atoms with Crippen LogP contribution in [0.5, 0.6) is 0 Å². The topological polar surface area (TPSA) is 9.23 Å². The second-order valence-electron chi connectivity index (χ2n) is 2.66. The lowest BCUT2D eigenvalue weighted by Gasteiger charge is -2.14. The number of hydrogen-bond donors (Lipinski definition) is 0. The third-order valence-corrected chi connectivity index (χ3v) is 1.90. The van der Waals surface area contributed by atoms with Crippen LogP contribution in [0.3, 0.4) is 0 Å². The molecule has 0 heterocycles. The molecule has 0 aromatic rings. The van der Waals surface area contributed by atoms with Crippen molar-refractivity contribution in [3.63, 3.8) is 0 Å². The molecule has 2 heteroatoms. The molecule has 0 spiro atoms. The van der Waals surface area contributed by atoms with Gasteiger partial charge in [0.25, 0.3) is 0 Å². The van der Waals surface area contributed by atoms with Crippen molar-refractivity contribution >= 4 is 6.92 Å². The monoisotopic (exact) mass is 154 g/mol. The Bertz CT molecular complexity index is 117. The maximum atomic E-state index is 5.71. The molecule has 0 fully saturated rings. The summed E-state index contributed by atoms with van der Waals surface area (Å²) in [6, 6.07) is 0. The summed E-state index contributed by atoms with van der Waals surface area (Å²) in [5, 5.41) is 0. The first-order chi connectivity index (χ1) is 5.28. The maximum Gasteiger partial charge on any atom is 0.356 e. The molecule has 0 radical (unpaired) electrons. The summed E-state index contributed by atoms with van der Waals surface area (Å²) in [5.41, 5.74) is 0. The predicted octanol–water partition coefficient (Wildman–Crippen LogP) is 3.35. The molecule has 0 amide bonds. The Hall–Kier alpha value is -0.395. The van der Waals surface area contributed by atoms with Crippen molar-refractivity contribution in [2.75, 3.05) is 0 Å². The summed E-state index contributed by atoms with van der Waals surface area (Å²) in [7, 11) is 0. The van der Waals surface area contributed by atoms with E-state index < -0.39 is 0 Å². The third kappa shape index (κ3) is 4.12. The second-order valence-corrected chi connectivity index (χ2v) is 2.66. The third-order valence-electron chi connectivity index (χ3n) is 1.90. The lowest BCUT2D eigenvalue weighted by atomic mass is 9.62. The molecule has 0 aromatic carbocycles. The summed E-state index contributed by atoms with van der Waals surface area (Å²) >= 11 is 0. The minimum absolute atomic E-state index is 0.418. The largest absolute Gasteiger partial charge is 0.564 e. The van der Waals surface area contributed by atoms with E-state index in [2.05, 4.69) is 26.8 Å². The first-order valence-corrected chi connectivity index (χ1v) is 4.60. The van der Waals surface area contributed by atoms with Gasteiger partial charge in [-0.05, 0) is 26.0 Å². The Morgan fingerprint density at radius 1 is 1.27 bits per heavy atom. The van der Waals surface area contributed by atoms with E-state index in [9.17, 15) is 0 Å². The van der Waals surface area contributed by atoms with Gasteiger partial charge >= 0.3 is 6.92 Å². The zero-order valence-corrected chi connectivity index (χ0v) is 8.18. The van der Waals surface area contributed by atoms with Crippen LogP contribution >= 0.6 is 0 Å². The highest BCUT2D eigenvalue weighted by atomic mass is 16.4. The number of hydrogen-bond acceptors (Lipinski definition) is 1. The second kappa shape index (κ2) is 6.32. The maximum absolute atomic E-state index is 5.71. The van der Waals surface area contributed by atoms with Crippen LogP contribution in [0, 0.1) is 0 Å². The zero-order chi connectivity index (χ0) is 8.69. The fourth-order valence-corrected chi connectivity index (χ4v) is 1.02. The van der Waals surface area contributed by atoms with Gasteiger partial charge in [0.15, 0.2) is 0 Å². The van der Waals surface area contributed by atoms with E-state index in [-0.39, 0.29) is 0 Å². The van der Waals surface area contributed by atoms with Crippen LogP contribution in [0.2, 0.25) is 12.6 Å².